The van der Waals surface area contributed by atoms with Crippen molar-refractivity contribution in [2.75, 3.05) is 0 Å². The molecule has 0 saturated heterocycles. The summed E-state index contributed by atoms with van der Waals surface area (Å²) in [6.45, 7) is 1.61. The molecule has 0 radical (unpaired) electrons. The second kappa shape index (κ2) is 6.13. The number of sulfonamides is 1. The largest absolute Gasteiger partial charge is 0.478 e. The highest BCUT2D eigenvalue weighted by Gasteiger charge is 2.28. The van der Waals surface area contributed by atoms with Crippen LogP contribution in [-0.2, 0) is 10.0 Å². The number of carboxylic acid groups (broad SMARTS) is 1. The SMILES string of the molecule is Cc1ccc(S(=O)(=O)N[C@@H]2CCCC[C@H]2O)cc1C(=O)O. The van der Waals surface area contributed by atoms with E-state index in [1.165, 1.54) is 12.1 Å². The first kappa shape index (κ1) is 15.9. The number of nitrogens with one attached hydrogen (secondary N) is 1. The molecule has 0 unspecified atom stereocenters. The molecule has 21 heavy (non-hydrogen) atoms. The van der Waals surface area contributed by atoms with Gasteiger partial charge in [0, 0.05) is 6.04 Å². The maximum absolute atomic E-state index is 12.3. The summed E-state index contributed by atoms with van der Waals surface area (Å²) in [5.74, 6) is -1.16. The van der Waals surface area contributed by atoms with Crippen molar-refractivity contribution in [2.45, 2.75) is 49.6 Å². The van der Waals surface area contributed by atoms with Crippen LogP contribution in [-0.4, -0.2) is 36.7 Å². The van der Waals surface area contributed by atoms with Crippen LogP contribution in [0, 0.1) is 6.92 Å². The Morgan fingerprint density at radius 1 is 1.29 bits per heavy atom. The highest BCUT2D eigenvalue weighted by Crippen LogP contribution is 2.21. The first-order valence-electron chi connectivity index (χ1n) is 6.85. The number of carboxylic acids is 1. The average molecular weight is 313 g/mol. The van der Waals surface area contributed by atoms with E-state index in [9.17, 15) is 18.3 Å². The first-order chi connectivity index (χ1) is 9.81. The van der Waals surface area contributed by atoms with Gasteiger partial charge >= 0.3 is 5.97 Å². The second-order valence-electron chi connectivity index (χ2n) is 5.36. The Kier molecular flexibility index (Phi) is 4.65. The number of benzene rings is 1. The van der Waals surface area contributed by atoms with Gasteiger partial charge in [-0.25, -0.2) is 17.9 Å². The molecular formula is C14H19NO5S. The molecule has 1 aliphatic rings. The van der Waals surface area contributed by atoms with Crippen LogP contribution in [0.3, 0.4) is 0 Å². The van der Waals surface area contributed by atoms with Gasteiger partial charge in [0.25, 0.3) is 0 Å². The summed E-state index contributed by atoms with van der Waals surface area (Å²) in [5.41, 5.74) is 0.459. The molecule has 1 aromatic rings. The van der Waals surface area contributed by atoms with Crippen LogP contribution in [0.15, 0.2) is 23.1 Å². The quantitative estimate of drug-likeness (QED) is 0.776. The van der Waals surface area contributed by atoms with Crippen molar-refractivity contribution in [3.05, 3.63) is 29.3 Å². The molecule has 0 aromatic heterocycles. The topological polar surface area (TPSA) is 104 Å². The lowest BCUT2D eigenvalue weighted by molar-refractivity contribution is 0.0695. The summed E-state index contributed by atoms with van der Waals surface area (Å²) in [6, 6.07) is 3.47. The third kappa shape index (κ3) is 3.61. The number of hydrogen-bond donors (Lipinski definition) is 3. The number of hydrogen-bond acceptors (Lipinski definition) is 4. The molecule has 1 aliphatic carbocycles. The van der Waals surface area contributed by atoms with Gasteiger partial charge in [-0.3, -0.25) is 0 Å². The molecule has 0 amide bonds. The van der Waals surface area contributed by atoms with E-state index in [-0.39, 0.29) is 10.5 Å². The maximum Gasteiger partial charge on any atom is 0.335 e. The van der Waals surface area contributed by atoms with Crippen molar-refractivity contribution >= 4 is 16.0 Å². The Morgan fingerprint density at radius 2 is 1.95 bits per heavy atom. The number of aromatic carboxylic acids is 1. The van der Waals surface area contributed by atoms with E-state index < -0.39 is 28.1 Å². The van der Waals surface area contributed by atoms with Gasteiger partial charge in [-0.15, -0.1) is 0 Å². The number of carbonyl (C=O) groups is 1. The molecule has 0 spiro atoms. The van der Waals surface area contributed by atoms with Crippen molar-refractivity contribution in [3.8, 4) is 0 Å². The Bertz CT molecular complexity index is 641. The Balaban J connectivity index is 2.27. The molecular weight excluding hydrogens is 294 g/mol. The Hall–Kier alpha value is -1.44. The molecule has 1 saturated carbocycles. The summed E-state index contributed by atoms with van der Waals surface area (Å²) < 4.78 is 27.1. The second-order valence-corrected chi connectivity index (χ2v) is 7.08. The highest BCUT2D eigenvalue weighted by atomic mass is 32.2. The third-order valence-electron chi connectivity index (χ3n) is 3.79. The van der Waals surface area contributed by atoms with Crippen molar-refractivity contribution in [3.63, 3.8) is 0 Å². The number of rotatable bonds is 4. The molecule has 3 N–H and O–H groups in total. The normalized spacial score (nSPS) is 23.0. The van der Waals surface area contributed by atoms with E-state index in [0.717, 1.165) is 18.9 Å². The van der Waals surface area contributed by atoms with Gasteiger partial charge in [0.2, 0.25) is 10.0 Å². The Morgan fingerprint density at radius 3 is 2.57 bits per heavy atom. The molecule has 2 rings (SSSR count). The third-order valence-corrected chi connectivity index (χ3v) is 5.27. The minimum atomic E-state index is -3.84. The van der Waals surface area contributed by atoms with Gasteiger partial charge in [0.15, 0.2) is 0 Å². The molecule has 2 atom stereocenters. The zero-order chi connectivity index (χ0) is 15.6. The van der Waals surface area contributed by atoms with Crippen LogP contribution >= 0.6 is 0 Å². The molecule has 7 heteroatoms. The number of aliphatic hydroxyl groups is 1. The highest BCUT2D eigenvalue weighted by molar-refractivity contribution is 7.89. The minimum absolute atomic E-state index is 0.0398. The van der Waals surface area contributed by atoms with E-state index in [1.54, 1.807) is 6.92 Å². The molecule has 6 nitrogen and oxygen atoms in total. The van der Waals surface area contributed by atoms with Gasteiger partial charge in [-0.1, -0.05) is 18.9 Å². The first-order valence-corrected chi connectivity index (χ1v) is 8.34. The number of aryl methyl sites for hydroxylation is 1. The van der Waals surface area contributed by atoms with E-state index in [1.807, 2.05) is 0 Å². The molecule has 116 valence electrons. The fraction of sp³-hybridized carbons (Fsp3) is 0.500. The van der Waals surface area contributed by atoms with Crippen LogP contribution in [0.1, 0.15) is 41.6 Å². The number of aliphatic hydroxyl groups excluding tert-OH is 1. The lowest BCUT2D eigenvalue weighted by Gasteiger charge is -2.28. The van der Waals surface area contributed by atoms with Gasteiger partial charge in [0.1, 0.15) is 0 Å². The van der Waals surface area contributed by atoms with Crippen LogP contribution < -0.4 is 4.72 Å². The zero-order valence-electron chi connectivity index (χ0n) is 11.7. The van der Waals surface area contributed by atoms with Gasteiger partial charge in [0.05, 0.1) is 16.6 Å². The van der Waals surface area contributed by atoms with Crippen molar-refractivity contribution < 1.29 is 23.4 Å². The fourth-order valence-corrected chi connectivity index (χ4v) is 3.84. The average Bonchev–Trinajstić information content (AvgIpc) is 2.41. The maximum atomic E-state index is 12.3. The summed E-state index contributed by atoms with van der Waals surface area (Å²) in [5, 5.41) is 18.9. The fourth-order valence-electron chi connectivity index (χ4n) is 2.51. The lowest BCUT2D eigenvalue weighted by Crippen LogP contribution is -2.44. The van der Waals surface area contributed by atoms with E-state index >= 15 is 0 Å². The van der Waals surface area contributed by atoms with Gasteiger partial charge in [-0.05, 0) is 37.5 Å². The van der Waals surface area contributed by atoms with Crippen LogP contribution in [0.2, 0.25) is 0 Å². The summed E-state index contributed by atoms with van der Waals surface area (Å²) in [7, 11) is -3.84. The zero-order valence-corrected chi connectivity index (χ0v) is 12.6. The van der Waals surface area contributed by atoms with E-state index in [2.05, 4.69) is 4.72 Å². The van der Waals surface area contributed by atoms with Gasteiger partial charge < -0.3 is 10.2 Å². The monoisotopic (exact) mass is 313 g/mol. The standard InChI is InChI=1S/C14H19NO5S/c1-9-6-7-10(8-11(9)14(17)18)21(19,20)15-12-4-2-3-5-13(12)16/h6-8,12-13,15-16H,2-5H2,1H3,(H,17,18)/t12-,13-/m1/s1. The van der Waals surface area contributed by atoms with Crippen molar-refractivity contribution in [2.24, 2.45) is 0 Å². The predicted octanol–water partition coefficient (Wildman–Crippen LogP) is 1.28. The van der Waals surface area contributed by atoms with Crippen LogP contribution in [0.5, 0.6) is 0 Å². The molecule has 1 aromatic carbocycles. The summed E-state index contributed by atoms with van der Waals surface area (Å²) in [6.07, 6.45) is 2.20. The summed E-state index contributed by atoms with van der Waals surface area (Å²) in [4.78, 5) is 11.0. The predicted molar refractivity (Wildman–Crippen MR) is 76.7 cm³/mol. The van der Waals surface area contributed by atoms with E-state index in [4.69, 9.17) is 5.11 Å². The van der Waals surface area contributed by atoms with Crippen molar-refractivity contribution in [1.82, 2.24) is 4.72 Å². The van der Waals surface area contributed by atoms with Crippen LogP contribution in [0.4, 0.5) is 0 Å². The van der Waals surface area contributed by atoms with Crippen LogP contribution in [0.25, 0.3) is 0 Å². The van der Waals surface area contributed by atoms with Crippen molar-refractivity contribution in [1.29, 1.82) is 0 Å². The molecule has 0 aliphatic heterocycles. The molecule has 1 fully saturated rings. The summed E-state index contributed by atoms with van der Waals surface area (Å²) >= 11 is 0. The smallest absolute Gasteiger partial charge is 0.335 e. The van der Waals surface area contributed by atoms with Gasteiger partial charge in [-0.2, -0.15) is 0 Å². The Labute approximate surface area is 123 Å². The molecule has 0 heterocycles. The lowest BCUT2D eigenvalue weighted by atomic mass is 9.93. The molecule has 0 bridgehead atoms. The van der Waals surface area contributed by atoms with E-state index in [0.29, 0.717) is 18.4 Å². The minimum Gasteiger partial charge on any atom is -0.478 e.